The number of halogens is 4. The number of amides is 1. The number of rotatable bonds is 6. The van der Waals surface area contributed by atoms with E-state index in [2.05, 4.69) is 5.32 Å². The molecule has 0 spiro atoms. The molecule has 2 fully saturated rings. The molecule has 2 aromatic rings. The van der Waals surface area contributed by atoms with Gasteiger partial charge < -0.3 is 19.7 Å². The fraction of sp³-hybridized carbons (Fsp3) is 0.548. The number of alkyl halides is 3. The number of carbonyl (C=O) groups excluding carboxylic acids is 2. The van der Waals surface area contributed by atoms with E-state index in [-0.39, 0.29) is 37.1 Å². The first-order valence-electron chi connectivity index (χ1n) is 14.2. The molecule has 10 heteroatoms. The van der Waals surface area contributed by atoms with Crippen LogP contribution < -0.4 is 5.32 Å². The number of fused-ring (bicyclic) bond motifs is 1. The van der Waals surface area contributed by atoms with Crippen molar-refractivity contribution in [3.8, 4) is 0 Å². The molecule has 2 unspecified atom stereocenters. The number of hydrogen-bond acceptors (Lipinski definition) is 5. The number of benzene rings is 2. The Kier molecular flexibility index (Phi) is 8.69. The van der Waals surface area contributed by atoms with E-state index < -0.39 is 29.2 Å². The molecule has 2 aromatic carbocycles. The second kappa shape index (κ2) is 11.9. The van der Waals surface area contributed by atoms with Gasteiger partial charge in [-0.05, 0) is 79.5 Å². The molecule has 1 saturated carbocycles. The lowest BCUT2D eigenvalue weighted by Gasteiger charge is -2.40. The molecule has 0 bridgehead atoms. The van der Waals surface area contributed by atoms with Gasteiger partial charge in [-0.3, -0.25) is 4.79 Å². The Balaban J connectivity index is 1.26. The highest BCUT2D eigenvalue weighted by atomic mass is 35.5. The lowest BCUT2D eigenvalue weighted by atomic mass is 9.73. The van der Waals surface area contributed by atoms with E-state index >= 15 is 0 Å². The van der Waals surface area contributed by atoms with Crippen molar-refractivity contribution in [1.29, 1.82) is 0 Å². The predicted octanol–water partition coefficient (Wildman–Crippen LogP) is 6.04. The third-order valence-corrected chi connectivity index (χ3v) is 9.22. The molecule has 1 N–H and O–H groups in total. The van der Waals surface area contributed by atoms with Crippen LogP contribution in [0.1, 0.15) is 66.6 Å². The summed E-state index contributed by atoms with van der Waals surface area (Å²) in [6, 6.07) is 10.4. The molecule has 3 aliphatic rings. The van der Waals surface area contributed by atoms with Gasteiger partial charge in [0.15, 0.2) is 0 Å². The molecule has 0 aromatic heterocycles. The van der Waals surface area contributed by atoms with Gasteiger partial charge >= 0.3 is 12.1 Å². The van der Waals surface area contributed by atoms with E-state index in [1.807, 2.05) is 13.8 Å². The summed E-state index contributed by atoms with van der Waals surface area (Å²) in [4.78, 5) is 28.6. The van der Waals surface area contributed by atoms with Crippen LogP contribution in [0.25, 0.3) is 0 Å². The molecule has 1 aliphatic carbocycles. The Morgan fingerprint density at radius 2 is 1.95 bits per heavy atom. The second-order valence-electron chi connectivity index (χ2n) is 11.8. The first-order chi connectivity index (χ1) is 19.5. The SMILES string of the molecule is CC(C)[C@]1(C(=O)N2CCc3ccc(C(F)(F)F)cc3C2)CC[C@@H](NC2CCOCC2OC(=O)c2cccc(Cl)c2)C1. The highest BCUT2D eigenvalue weighted by Crippen LogP contribution is 2.47. The summed E-state index contributed by atoms with van der Waals surface area (Å²) in [6.07, 6.45) is -1.63. The van der Waals surface area contributed by atoms with Gasteiger partial charge in [0.2, 0.25) is 5.91 Å². The molecule has 41 heavy (non-hydrogen) atoms. The second-order valence-corrected chi connectivity index (χ2v) is 12.2. The van der Waals surface area contributed by atoms with Crippen molar-refractivity contribution in [2.75, 3.05) is 19.8 Å². The number of nitrogens with zero attached hydrogens (tertiary/aromatic N) is 1. The predicted molar refractivity (Wildman–Crippen MR) is 148 cm³/mol. The summed E-state index contributed by atoms with van der Waals surface area (Å²) in [5.41, 5.74) is 0.505. The fourth-order valence-corrected chi connectivity index (χ4v) is 6.74. The van der Waals surface area contributed by atoms with Crippen LogP contribution in [0.3, 0.4) is 0 Å². The number of ether oxygens (including phenoxy) is 2. The molecule has 2 aliphatic heterocycles. The van der Waals surface area contributed by atoms with E-state index in [1.165, 1.54) is 12.1 Å². The van der Waals surface area contributed by atoms with Gasteiger partial charge in [0.05, 0.1) is 23.1 Å². The third-order valence-electron chi connectivity index (χ3n) is 8.99. The maximum absolute atomic E-state index is 14.1. The third kappa shape index (κ3) is 6.42. The highest BCUT2D eigenvalue weighted by Gasteiger charge is 2.50. The van der Waals surface area contributed by atoms with Gasteiger partial charge in [0.1, 0.15) is 6.10 Å². The first kappa shape index (κ1) is 29.9. The van der Waals surface area contributed by atoms with Crippen molar-refractivity contribution in [3.63, 3.8) is 0 Å². The average molecular weight is 593 g/mol. The fourth-order valence-electron chi connectivity index (χ4n) is 6.55. The summed E-state index contributed by atoms with van der Waals surface area (Å²) in [6.45, 7) is 5.58. The van der Waals surface area contributed by atoms with Crippen molar-refractivity contribution in [1.82, 2.24) is 10.2 Å². The molecule has 1 saturated heterocycles. The topological polar surface area (TPSA) is 67.9 Å². The van der Waals surface area contributed by atoms with Crippen molar-refractivity contribution in [2.45, 2.75) is 76.9 Å². The zero-order valence-corrected chi connectivity index (χ0v) is 24.1. The van der Waals surface area contributed by atoms with Gasteiger partial charge in [-0.15, -0.1) is 0 Å². The largest absolute Gasteiger partial charge is 0.455 e. The van der Waals surface area contributed by atoms with Gasteiger partial charge in [-0.2, -0.15) is 13.2 Å². The minimum absolute atomic E-state index is 0.00998. The van der Waals surface area contributed by atoms with Crippen LogP contribution in [0.4, 0.5) is 13.2 Å². The summed E-state index contributed by atoms with van der Waals surface area (Å²) in [7, 11) is 0. The first-order valence-corrected chi connectivity index (χ1v) is 14.6. The zero-order valence-electron chi connectivity index (χ0n) is 23.3. The van der Waals surface area contributed by atoms with Crippen LogP contribution in [0.2, 0.25) is 5.02 Å². The van der Waals surface area contributed by atoms with E-state index in [9.17, 15) is 22.8 Å². The Hall–Kier alpha value is -2.62. The van der Waals surface area contributed by atoms with E-state index in [1.54, 1.807) is 29.2 Å². The van der Waals surface area contributed by atoms with Crippen LogP contribution in [-0.2, 0) is 33.4 Å². The van der Waals surface area contributed by atoms with Crippen molar-refractivity contribution in [2.24, 2.45) is 11.3 Å². The van der Waals surface area contributed by atoms with Crippen LogP contribution >= 0.6 is 11.6 Å². The number of hydrogen-bond donors (Lipinski definition) is 1. The minimum Gasteiger partial charge on any atom is -0.455 e. The van der Waals surface area contributed by atoms with Gasteiger partial charge in [0.25, 0.3) is 0 Å². The van der Waals surface area contributed by atoms with Gasteiger partial charge in [-0.1, -0.05) is 37.6 Å². The Morgan fingerprint density at radius 3 is 2.68 bits per heavy atom. The van der Waals surface area contributed by atoms with E-state index in [0.29, 0.717) is 55.0 Å². The maximum Gasteiger partial charge on any atom is 0.416 e. The van der Waals surface area contributed by atoms with Gasteiger partial charge in [-0.25, -0.2) is 4.79 Å². The molecule has 2 heterocycles. The number of carbonyl (C=O) groups is 2. The summed E-state index contributed by atoms with van der Waals surface area (Å²) < 4.78 is 51.4. The number of esters is 1. The molecule has 0 radical (unpaired) electrons. The molecule has 5 rings (SSSR count). The molecule has 222 valence electrons. The standard InChI is InChI=1S/C31H36ClF3N2O4/c1-19(2)30(29(39)37-12-9-20-6-7-23(31(33,34)35)14-22(20)17-37)11-8-25(16-30)36-26-10-13-40-18-27(26)41-28(38)21-4-3-5-24(32)15-21/h3-7,14-15,19,25-27,36H,8-13,16-18H2,1-2H3/t25-,26?,27?,30+/m1/s1. The van der Waals surface area contributed by atoms with Crippen LogP contribution in [0.5, 0.6) is 0 Å². The lowest BCUT2D eigenvalue weighted by molar-refractivity contribution is -0.146. The Labute approximate surface area is 243 Å². The molecule has 6 nitrogen and oxygen atoms in total. The quantitative estimate of drug-likeness (QED) is 0.414. The zero-order chi connectivity index (χ0) is 29.4. The Morgan fingerprint density at radius 1 is 1.15 bits per heavy atom. The smallest absolute Gasteiger partial charge is 0.416 e. The van der Waals surface area contributed by atoms with Crippen molar-refractivity contribution >= 4 is 23.5 Å². The minimum atomic E-state index is -4.42. The molecule has 1 amide bonds. The lowest BCUT2D eigenvalue weighted by Crippen LogP contribution is -2.52. The molecular weight excluding hydrogens is 557 g/mol. The molecule has 4 atom stereocenters. The van der Waals surface area contributed by atoms with Crippen LogP contribution in [-0.4, -0.2) is 54.7 Å². The summed E-state index contributed by atoms with van der Waals surface area (Å²) >= 11 is 6.04. The Bertz CT molecular complexity index is 1290. The van der Waals surface area contributed by atoms with Gasteiger partial charge in [0, 0.05) is 36.8 Å². The average Bonchev–Trinajstić information content (AvgIpc) is 3.38. The van der Waals surface area contributed by atoms with Crippen LogP contribution in [0.15, 0.2) is 42.5 Å². The molecular formula is C31H36ClF3N2O4. The van der Waals surface area contributed by atoms with Crippen molar-refractivity contribution in [3.05, 3.63) is 69.7 Å². The van der Waals surface area contributed by atoms with Crippen molar-refractivity contribution < 1.29 is 32.2 Å². The van der Waals surface area contributed by atoms with E-state index in [0.717, 1.165) is 18.1 Å². The number of nitrogens with one attached hydrogen (secondary N) is 1. The monoisotopic (exact) mass is 592 g/mol. The van der Waals surface area contributed by atoms with E-state index in [4.69, 9.17) is 21.1 Å². The highest BCUT2D eigenvalue weighted by molar-refractivity contribution is 6.30. The van der Waals surface area contributed by atoms with Crippen LogP contribution in [0, 0.1) is 11.3 Å². The maximum atomic E-state index is 14.1. The normalized spacial score (nSPS) is 26.6. The summed E-state index contributed by atoms with van der Waals surface area (Å²) in [5, 5.41) is 4.12. The summed E-state index contributed by atoms with van der Waals surface area (Å²) in [5.74, 6) is -0.404.